The molecule has 1 rings (SSSR count). The zero-order chi connectivity index (χ0) is 13.8. The van der Waals surface area contributed by atoms with Gasteiger partial charge in [-0.25, -0.2) is 13.2 Å². The molecule has 6 heteroatoms. The van der Waals surface area contributed by atoms with Crippen molar-refractivity contribution in [2.24, 2.45) is 0 Å². The van der Waals surface area contributed by atoms with Crippen molar-refractivity contribution < 1.29 is 18.3 Å². The summed E-state index contributed by atoms with van der Waals surface area (Å²) in [7, 11) is -3.44. The van der Waals surface area contributed by atoms with Crippen molar-refractivity contribution in [2.45, 2.75) is 17.7 Å². The molecule has 0 unspecified atom stereocenters. The van der Waals surface area contributed by atoms with Crippen molar-refractivity contribution in [1.29, 1.82) is 0 Å². The number of carbonyl (C=O) groups is 1. The number of unbranched alkanes of at least 4 members (excludes halogenated alkanes) is 1. The number of hydrogen-bond donors (Lipinski definition) is 1. The van der Waals surface area contributed by atoms with E-state index in [1.165, 1.54) is 18.2 Å². The fourth-order valence-electron chi connectivity index (χ4n) is 1.40. The summed E-state index contributed by atoms with van der Waals surface area (Å²) in [5, 5.41) is 8.93. The van der Waals surface area contributed by atoms with E-state index in [9.17, 15) is 13.2 Å². The second kappa shape index (κ2) is 6.15. The molecule has 0 spiro atoms. The molecule has 1 N–H and O–H groups in total. The maximum atomic E-state index is 12.0. The molecule has 0 heterocycles. The van der Waals surface area contributed by atoms with Crippen molar-refractivity contribution in [2.75, 3.05) is 5.75 Å². The summed E-state index contributed by atoms with van der Waals surface area (Å²) in [5.74, 6) is -1.18. The summed E-state index contributed by atoms with van der Waals surface area (Å²) in [4.78, 5) is 11.0. The number of allylic oxidation sites excluding steroid dienone is 1. The minimum atomic E-state index is -3.44. The molecule has 0 amide bonds. The highest BCUT2D eigenvalue weighted by atomic mass is 79.9. The smallest absolute Gasteiger partial charge is 0.336 e. The van der Waals surface area contributed by atoms with E-state index in [0.717, 1.165) is 0 Å². The molecule has 0 aliphatic heterocycles. The van der Waals surface area contributed by atoms with E-state index in [4.69, 9.17) is 5.11 Å². The number of carboxylic acid groups (broad SMARTS) is 1. The first-order valence-electron chi connectivity index (χ1n) is 5.25. The van der Waals surface area contributed by atoms with Crippen molar-refractivity contribution >= 4 is 31.7 Å². The van der Waals surface area contributed by atoms with E-state index in [2.05, 4.69) is 22.5 Å². The van der Waals surface area contributed by atoms with Crippen LogP contribution in [0.25, 0.3) is 0 Å². The summed E-state index contributed by atoms with van der Waals surface area (Å²) in [6.07, 6.45) is 2.74. The Morgan fingerprint density at radius 3 is 2.67 bits per heavy atom. The molecule has 98 valence electrons. The van der Waals surface area contributed by atoms with Gasteiger partial charge in [-0.2, -0.15) is 0 Å². The van der Waals surface area contributed by atoms with E-state index in [1.54, 1.807) is 6.08 Å². The van der Waals surface area contributed by atoms with Crippen LogP contribution in [0.2, 0.25) is 0 Å². The summed E-state index contributed by atoms with van der Waals surface area (Å²) in [6.45, 7) is 3.52. The van der Waals surface area contributed by atoms with Gasteiger partial charge in [0.25, 0.3) is 0 Å². The van der Waals surface area contributed by atoms with Crippen LogP contribution >= 0.6 is 15.9 Å². The van der Waals surface area contributed by atoms with E-state index >= 15 is 0 Å². The first-order valence-corrected chi connectivity index (χ1v) is 7.69. The molecular formula is C12H13BrO4S. The van der Waals surface area contributed by atoms with Crippen molar-refractivity contribution in [3.8, 4) is 0 Å². The van der Waals surface area contributed by atoms with Crippen LogP contribution in [0.5, 0.6) is 0 Å². The van der Waals surface area contributed by atoms with Gasteiger partial charge in [-0.1, -0.05) is 6.08 Å². The Morgan fingerprint density at radius 2 is 2.11 bits per heavy atom. The predicted molar refractivity (Wildman–Crippen MR) is 72.6 cm³/mol. The molecule has 1 aromatic rings. The lowest BCUT2D eigenvalue weighted by molar-refractivity contribution is 0.0695. The highest BCUT2D eigenvalue weighted by Gasteiger charge is 2.17. The number of halogens is 1. The average molecular weight is 333 g/mol. The van der Waals surface area contributed by atoms with Crippen LogP contribution in [0.3, 0.4) is 0 Å². The van der Waals surface area contributed by atoms with Gasteiger partial charge in [-0.15, -0.1) is 6.58 Å². The van der Waals surface area contributed by atoms with Crippen LogP contribution in [-0.2, 0) is 9.84 Å². The van der Waals surface area contributed by atoms with Crippen LogP contribution in [0.1, 0.15) is 23.2 Å². The Kier molecular flexibility index (Phi) is 5.10. The quantitative estimate of drug-likeness (QED) is 0.642. The van der Waals surface area contributed by atoms with Gasteiger partial charge < -0.3 is 5.11 Å². The number of benzene rings is 1. The standard InChI is InChI=1S/C12H13BrO4S/c1-2-3-4-7-18(16,17)9-5-6-11(13)10(8-9)12(14)15/h2,5-6,8H,1,3-4,7H2,(H,14,15). The van der Waals surface area contributed by atoms with E-state index < -0.39 is 15.8 Å². The Hall–Kier alpha value is -1.14. The highest BCUT2D eigenvalue weighted by Crippen LogP contribution is 2.22. The summed E-state index contributed by atoms with van der Waals surface area (Å²) in [5.41, 5.74) is -0.0557. The fraction of sp³-hybridized carbons (Fsp3) is 0.250. The molecule has 0 fully saturated rings. The van der Waals surface area contributed by atoms with E-state index in [0.29, 0.717) is 17.3 Å². The first kappa shape index (κ1) is 14.9. The first-order chi connectivity index (χ1) is 8.38. The third-order valence-corrected chi connectivity index (χ3v) is 4.84. The normalized spacial score (nSPS) is 11.2. The summed E-state index contributed by atoms with van der Waals surface area (Å²) < 4.78 is 24.3. The van der Waals surface area contributed by atoms with Crippen LogP contribution in [0, 0.1) is 0 Å². The van der Waals surface area contributed by atoms with Crippen molar-refractivity contribution in [3.05, 3.63) is 40.9 Å². The zero-order valence-corrected chi connectivity index (χ0v) is 12.0. The summed E-state index contributed by atoms with van der Waals surface area (Å²) in [6, 6.07) is 4.01. The summed E-state index contributed by atoms with van der Waals surface area (Å²) >= 11 is 3.07. The molecule has 0 aromatic heterocycles. The van der Waals surface area contributed by atoms with Crippen LogP contribution in [0.4, 0.5) is 0 Å². The maximum absolute atomic E-state index is 12.0. The molecule has 4 nitrogen and oxygen atoms in total. The van der Waals surface area contributed by atoms with Crippen LogP contribution < -0.4 is 0 Å². The molecule has 18 heavy (non-hydrogen) atoms. The predicted octanol–water partition coefficient (Wildman–Crippen LogP) is 2.89. The average Bonchev–Trinajstić information content (AvgIpc) is 2.29. The molecule has 0 saturated heterocycles. The minimum Gasteiger partial charge on any atom is -0.478 e. The lowest BCUT2D eigenvalue weighted by Gasteiger charge is -2.06. The molecule has 0 saturated carbocycles. The second-order valence-corrected chi connectivity index (χ2v) is 6.66. The number of sulfone groups is 1. The van der Waals surface area contributed by atoms with Gasteiger partial charge in [0.05, 0.1) is 16.2 Å². The van der Waals surface area contributed by atoms with Gasteiger partial charge in [0, 0.05) is 4.47 Å². The van der Waals surface area contributed by atoms with Gasteiger partial charge in [-0.3, -0.25) is 0 Å². The minimum absolute atomic E-state index is 0.0142. The highest BCUT2D eigenvalue weighted by molar-refractivity contribution is 9.10. The maximum Gasteiger partial charge on any atom is 0.336 e. The van der Waals surface area contributed by atoms with Gasteiger partial charge >= 0.3 is 5.97 Å². The van der Waals surface area contributed by atoms with Gasteiger partial charge in [0.15, 0.2) is 9.84 Å². The lowest BCUT2D eigenvalue weighted by atomic mass is 10.2. The number of aromatic carboxylic acids is 1. The molecule has 1 aromatic carbocycles. The fourth-order valence-corrected chi connectivity index (χ4v) is 3.17. The Bertz CT molecular complexity index is 563. The molecular weight excluding hydrogens is 320 g/mol. The lowest BCUT2D eigenvalue weighted by Crippen LogP contribution is -2.08. The number of hydrogen-bond acceptors (Lipinski definition) is 3. The molecule has 0 aliphatic rings. The van der Waals surface area contributed by atoms with Crippen molar-refractivity contribution in [3.63, 3.8) is 0 Å². The van der Waals surface area contributed by atoms with Crippen LogP contribution in [0.15, 0.2) is 40.2 Å². The Labute approximate surface area is 114 Å². The van der Waals surface area contributed by atoms with Gasteiger partial charge in [-0.05, 0) is 47.0 Å². The van der Waals surface area contributed by atoms with Gasteiger partial charge in [0.2, 0.25) is 0 Å². The second-order valence-electron chi connectivity index (χ2n) is 3.70. The van der Waals surface area contributed by atoms with Crippen molar-refractivity contribution in [1.82, 2.24) is 0 Å². The third-order valence-electron chi connectivity index (χ3n) is 2.35. The molecule has 0 bridgehead atoms. The Morgan fingerprint density at radius 1 is 1.44 bits per heavy atom. The Balaban J connectivity index is 3.06. The zero-order valence-electron chi connectivity index (χ0n) is 9.60. The van der Waals surface area contributed by atoms with E-state index in [-0.39, 0.29) is 16.2 Å². The molecule has 0 aliphatic carbocycles. The van der Waals surface area contributed by atoms with Crippen LogP contribution in [-0.4, -0.2) is 25.2 Å². The van der Waals surface area contributed by atoms with E-state index in [1.807, 2.05) is 0 Å². The topological polar surface area (TPSA) is 71.4 Å². The monoisotopic (exact) mass is 332 g/mol. The third kappa shape index (κ3) is 3.68. The largest absolute Gasteiger partial charge is 0.478 e. The number of rotatable bonds is 6. The molecule has 0 atom stereocenters. The SMILES string of the molecule is C=CCCCS(=O)(=O)c1ccc(Br)c(C(=O)O)c1. The molecule has 0 radical (unpaired) electrons. The van der Waals surface area contributed by atoms with Gasteiger partial charge in [0.1, 0.15) is 0 Å². The number of carboxylic acids is 1.